The van der Waals surface area contributed by atoms with Crippen LogP contribution in [0.3, 0.4) is 0 Å². The number of carbonyl (C=O) groups excluding carboxylic acids is 8. The molecule has 5 aliphatic heterocycles. The SMILES string of the molecule is CC1C(=O)OC(=O)C1C.CC1C(=O)OC(=O)C1C.CCC(C)(C)C(=O)OC1(CC)CC2CCC1C2.CCC(C)(C)C(=O)OC1(CC)CC2CCC1C2.CCC(C)[Si](C)(C)O[Si](C)(C)C.CCC(C)[Si]1(C)O[Si](C)(C)O[Si](C)(C)O[Si](C)(C)O1.CCCC1CC(C)C2C3CC(C(=O)O)C(C3)C12.CCCC1CC(C)C2C3CC(C(=O)OC4(CC)CCCC4)C(C3)C12.CCCC1OC(C)C2COC(=O)C12. The third kappa shape index (κ3) is 29.0. The van der Waals surface area contributed by atoms with Gasteiger partial charge in [-0.05, 0) is 373 Å². The molecule has 0 radical (unpaired) electrons. The lowest BCUT2D eigenvalue weighted by Gasteiger charge is -2.49. The third-order valence-corrected chi connectivity index (χ3v) is 61.8. The van der Waals surface area contributed by atoms with Gasteiger partial charge < -0.3 is 58.8 Å². The Morgan fingerprint density at radius 3 is 1.21 bits per heavy atom. The topological polar surface area (TPSA) is 285 Å². The van der Waals surface area contributed by atoms with Gasteiger partial charge in [-0.25, -0.2) is 0 Å². The fourth-order valence-electron chi connectivity index (χ4n) is 28.2. The lowest BCUT2D eigenvalue weighted by molar-refractivity contribution is -0.178. The Labute approximate surface area is 837 Å². The molecule has 16 aliphatic rings. The first kappa shape index (κ1) is 119. The van der Waals surface area contributed by atoms with E-state index >= 15 is 0 Å². The van der Waals surface area contributed by atoms with Crippen molar-refractivity contribution in [2.24, 2.45) is 153 Å². The number of fused-ring (bicyclic) bond motifs is 15. The molecule has 30 atom stereocenters. The van der Waals surface area contributed by atoms with Crippen molar-refractivity contribution in [1.29, 1.82) is 0 Å². The molecule has 137 heavy (non-hydrogen) atoms. The first-order chi connectivity index (χ1) is 63.6. The molecule has 5 saturated heterocycles. The maximum absolute atomic E-state index is 13.1. The molecule has 8 bridgehead atoms. The van der Waals surface area contributed by atoms with Crippen LogP contribution in [0.4, 0.5) is 0 Å². The minimum Gasteiger partial charge on any atom is -0.481 e. The van der Waals surface area contributed by atoms with E-state index in [4.69, 9.17) is 44.3 Å². The largest absolute Gasteiger partial charge is 0.481 e. The average molecular weight is 2030 g/mol. The van der Waals surface area contributed by atoms with Crippen LogP contribution in [0.15, 0.2) is 0 Å². The van der Waals surface area contributed by atoms with Crippen LogP contribution in [-0.2, 0) is 96.9 Å². The van der Waals surface area contributed by atoms with E-state index in [9.17, 15) is 48.3 Å². The van der Waals surface area contributed by atoms with E-state index in [1.165, 1.54) is 109 Å². The van der Waals surface area contributed by atoms with Crippen LogP contribution in [0.25, 0.3) is 0 Å². The molecule has 0 aromatic carbocycles. The highest BCUT2D eigenvalue weighted by atomic mass is 28.5. The number of carbonyl (C=O) groups is 9. The van der Waals surface area contributed by atoms with Gasteiger partial charge in [0.05, 0.1) is 71.1 Å². The van der Waals surface area contributed by atoms with Crippen molar-refractivity contribution in [2.75, 3.05) is 6.61 Å². The van der Waals surface area contributed by atoms with E-state index in [-0.39, 0.29) is 105 Å². The summed E-state index contributed by atoms with van der Waals surface area (Å²) in [4.78, 5) is 103. The quantitative estimate of drug-likeness (QED) is 0.0406. The standard InChI is InChI=1S/C22H36O2.C15H24O2.2C15H26O2.C11H30O4Si4.C10H16O3.C9H24OSi2.2C6H8O3/c1-4-8-15-11-14(3)19-16-12-17(20(15)19)18(13-16)21(23)24-22(5-2)9-6-7-10-22;1-3-4-9-5-8(2)13-10-6-11(14(9)13)12(7-10)15(16)17;2*1-5-14(3,4)13(16)17-15(6-2)10-11-7-8-12(15)9-11;1-10-11(2)19(9)14-17(5,6)12-16(3,4)13-18(7,8)15-19;1-3-4-8-9-7(6(2)13-8)5-12-10(9)11;1-8-9(2)12(6,7)10-11(3,4)5;2*1-3-4(2)6(8)9-5(3)7/h14-20H,4-13H2,1-3H3;8-14H,3-7H2,1-2H3,(H,16,17);2*11-12H,5-10H2,1-4H3;11H,10H2,1-9H3;6-9H,3-5H2,1-2H3;9H,8H2,1-7H3;2*3-4H,1-2H3. The lowest BCUT2D eigenvalue weighted by Crippen LogP contribution is -2.66. The molecule has 0 amide bonds. The summed E-state index contributed by atoms with van der Waals surface area (Å²) in [7, 11) is -11.5. The molecule has 1 N–H and O–H groups in total. The number of rotatable bonds is 24. The van der Waals surface area contributed by atoms with Crippen molar-refractivity contribution in [3.05, 3.63) is 0 Å². The number of hydrogen-bond acceptors (Lipinski definition) is 21. The van der Waals surface area contributed by atoms with Gasteiger partial charge >= 0.3 is 88.0 Å². The maximum Gasteiger partial charge on any atom is 0.320 e. The molecule has 0 aromatic rings. The Balaban J connectivity index is 0.000000192. The van der Waals surface area contributed by atoms with E-state index in [1.54, 1.807) is 27.7 Å². The molecule has 16 fully saturated rings. The summed E-state index contributed by atoms with van der Waals surface area (Å²) < 4.78 is 69.5. The minimum absolute atomic E-state index is 0.00842. The van der Waals surface area contributed by atoms with Crippen LogP contribution in [0.1, 0.15) is 358 Å². The van der Waals surface area contributed by atoms with Crippen molar-refractivity contribution >= 4 is 105 Å². The van der Waals surface area contributed by atoms with Crippen molar-refractivity contribution in [3.8, 4) is 0 Å². The molecule has 11 saturated carbocycles. The second-order valence-corrected chi connectivity index (χ2v) is 74.2. The molecule has 790 valence electrons. The van der Waals surface area contributed by atoms with Gasteiger partial charge in [-0.2, -0.15) is 0 Å². The average Bonchev–Trinajstić information content (AvgIpc) is 1.57. The normalized spacial score (nSPS) is 37.7. The minimum atomic E-state index is -2.26. The Bertz CT molecular complexity index is 3830. The zero-order chi connectivity index (χ0) is 103. The van der Waals surface area contributed by atoms with Gasteiger partial charge in [0.15, 0.2) is 16.6 Å². The Morgan fingerprint density at radius 1 is 0.482 bits per heavy atom. The highest BCUT2D eigenvalue weighted by molar-refractivity contribution is 6.93. The summed E-state index contributed by atoms with van der Waals surface area (Å²) in [5.74, 6) is 10.0. The summed E-state index contributed by atoms with van der Waals surface area (Å²) in [6.07, 6.45) is 36.7. The smallest absolute Gasteiger partial charge is 0.320 e. The van der Waals surface area contributed by atoms with Crippen molar-refractivity contribution in [1.82, 2.24) is 0 Å². The summed E-state index contributed by atoms with van der Waals surface area (Å²) in [5, 5.41) is 9.34. The van der Waals surface area contributed by atoms with Gasteiger partial charge in [0.2, 0.25) is 0 Å². The molecular formula is C109H198O22Si6. The van der Waals surface area contributed by atoms with Crippen LogP contribution in [0.2, 0.25) is 89.6 Å². The molecular weight excluding hydrogens is 1830 g/mol. The first-order valence-electron chi connectivity index (χ1n) is 55.3. The van der Waals surface area contributed by atoms with Gasteiger partial charge in [-0.3, -0.25) is 43.2 Å². The van der Waals surface area contributed by atoms with Gasteiger partial charge in [0.1, 0.15) is 16.8 Å². The van der Waals surface area contributed by atoms with E-state index in [2.05, 4.69) is 185 Å². The van der Waals surface area contributed by atoms with E-state index in [0.29, 0.717) is 41.7 Å². The molecule has 11 aliphatic carbocycles. The molecule has 28 heteroatoms. The highest BCUT2D eigenvalue weighted by Gasteiger charge is 2.65. The number of carboxylic acid groups (broad SMARTS) is 1. The fraction of sp³-hybridized carbons (Fsp3) is 0.917. The van der Waals surface area contributed by atoms with Crippen LogP contribution in [0, 0.1) is 153 Å². The molecule has 30 unspecified atom stereocenters. The number of hydrogen-bond donors (Lipinski definition) is 1. The Hall–Kier alpha value is -3.31. The summed E-state index contributed by atoms with van der Waals surface area (Å²) in [5.41, 5.74) is 0.224. The fourth-order valence-corrected chi connectivity index (χ4v) is 58.1. The zero-order valence-corrected chi connectivity index (χ0v) is 98.8. The van der Waals surface area contributed by atoms with Crippen molar-refractivity contribution < 1.29 is 102 Å². The molecule has 5 heterocycles. The lowest BCUT2D eigenvalue weighted by atomic mass is 9.71. The molecule has 22 nitrogen and oxygen atoms in total. The Morgan fingerprint density at radius 2 is 0.883 bits per heavy atom. The third-order valence-electron chi connectivity index (χ3n) is 37.2. The van der Waals surface area contributed by atoms with E-state index < -0.39 is 80.7 Å². The summed E-state index contributed by atoms with van der Waals surface area (Å²) >= 11 is 0. The summed E-state index contributed by atoms with van der Waals surface area (Å²) in [6, 6.07) is 0. The second-order valence-electron chi connectivity index (χ2n) is 50.3. The highest BCUT2D eigenvalue weighted by Crippen LogP contribution is 2.68. The van der Waals surface area contributed by atoms with Crippen LogP contribution >= 0.6 is 0 Å². The number of cyclic esters (lactones) is 5. The van der Waals surface area contributed by atoms with E-state index in [0.717, 1.165) is 166 Å². The monoisotopic (exact) mass is 2030 g/mol. The van der Waals surface area contributed by atoms with Crippen molar-refractivity contribution in [2.45, 2.75) is 477 Å². The predicted molar refractivity (Wildman–Crippen MR) is 556 cm³/mol. The van der Waals surface area contributed by atoms with Gasteiger partial charge in [-0.1, -0.05) is 170 Å². The molecule has 0 spiro atoms. The predicted octanol–water partition coefficient (Wildman–Crippen LogP) is 26.8. The first-order valence-corrected chi connectivity index (χ1v) is 72.6. The number of carboxylic acids is 1. The van der Waals surface area contributed by atoms with Gasteiger partial charge in [0, 0.05) is 5.92 Å². The van der Waals surface area contributed by atoms with Crippen LogP contribution in [-0.4, -0.2) is 145 Å². The van der Waals surface area contributed by atoms with Gasteiger partial charge in [0.25, 0.3) is 0 Å². The number of ether oxygens (including phenoxy) is 7. The second kappa shape index (κ2) is 48.6. The van der Waals surface area contributed by atoms with Crippen LogP contribution < -0.4 is 0 Å². The van der Waals surface area contributed by atoms with E-state index in [1.807, 2.05) is 34.6 Å². The van der Waals surface area contributed by atoms with Gasteiger partial charge in [-0.15, -0.1) is 0 Å². The molecule has 0 aromatic heterocycles. The maximum atomic E-state index is 13.1. The Kier molecular flexibility index (Phi) is 42.2. The van der Waals surface area contributed by atoms with Crippen molar-refractivity contribution in [3.63, 3.8) is 0 Å². The zero-order valence-electron chi connectivity index (χ0n) is 92.8. The molecule has 16 rings (SSSR count). The van der Waals surface area contributed by atoms with Crippen LogP contribution in [0.5, 0.6) is 0 Å². The number of aliphatic carboxylic acids is 1. The summed E-state index contributed by atoms with van der Waals surface area (Å²) in [6.45, 7) is 74.9. The number of esters is 8.